The van der Waals surface area contributed by atoms with Crippen LogP contribution in [0.3, 0.4) is 0 Å². The first-order valence-corrected chi connectivity index (χ1v) is 8.66. The van der Waals surface area contributed by atoms with E-state index in [0.29, 0.717) is 11.8 Å². The van der Waals surface area contributed by atoms with Crippen LogP contribution in [0.1, 0.15) is 44.2 Å². The number of rotatable bonds is 5. The lowest BCUT2D eigenvalue weighted by atomic mass is 9.78. The quantitative estimate of drug-likeness (QED) is 0.664. The summed E-state index contributed by atoms with van der Waals surface area (Å²) in [5, 5.41) is 2.99. The van der Waals surface area contributed by atoms with E-state index < -0.39 is 5.97 Å². The number of carbonyl (C=O) groups excluding carboxylic acids is 2. The fourth-order valence-corrected chi connectivity index (χ4v) is 3.06. The predicted octanol–water partition coefficient (Wildman–Crippen LogP) is 3.49. The van der Waals surface area contributed by atoms with Crippen molar-refractivity contribution < 1.29 is 14.3 Å². The molecule has 1 amide bonds. The van der Waals surface area contributed by atoms with Crippen LogP contribution in [0.5, 0.6) is 0 Å². The lowest BCUT2D eigenvalue weighted by Crippen LogP contribution is -2.45. The Morgan fingerprint density at radius 1 is 1.21 bits per heavy atom. The molecule has 1 fully saturated rings. The van der Waals surface area contributed by atoms with E-state index in [4.69, 9.17) is 4.74 Å². The van der Waals surface area contributed by atoms with Crippen LogP contribution in [0.15, 0.2) is 30.3 Å². The van der Waals surface area contributed by atoms with Gasteiger partial charge in [-0.2, -0.15) is 0 Å². The van der Waals surface area contributed by atoms with E-state index in [1.54, 1.807) is 6.08 Å². The first-order valence-electron chi connectivity index (χ1n) is 8.66. The van der Waals surface area contributed by atoms with Gasteiger partial charge in [0.2, 0.25) is 0 Å². The Balaban J connectivity index is 1.74. The standard InChI is InChI=1S/C20H27NO3/c1-14-7-9-17(10-8-14)11-12-20(23)24-13-19(22)21-18-6-4-5-15(2)16(18)3/h7-12,15-16,18H,4-6,13H2,1-3H3,(H,21,22)/b12-11+. The lowest BCUT2D eigenvalue weighted by molar-refractivity contribution is -0.144. The average Bonchev–Trinajstić information content (AvgIpc) is 2.56. The van der Waals surface area contributed by atoms with Crippen LogP contribution in [-0.2, 0) is 14.3 Å². The molecule has 0 bridgehead atoms. The van der Waals surface area contributed by atoms with Crippen molar-refractivity contribution in [3.8, 4) is 0 Å². The van der Waals surface area contributed by atoms with Crippen molar-refractivity contribution in [2.24, 2.45) is 11.8 Å². The molecule has 130 valence electrons. The van der Waals surface area contributed by atoms with E-state index in [9.17, 15) is 9.59 Å². The van der Waals surface area contributed by atoms with Crippen molar-refractivity contribution in [2.45, 2.75) is 46.1 Å². The van der Waals surface area contributed by atoms with E-state index in [2.05, 4.69) is 19.2 Å². The molecule has 2 rings (SSSR count). The summed E-state index contributed by atoms with van der Waals surface area (Å²) in [7, 11) is 0. The molecule has 0 spiro atoms. The van der Waals surface area contributed by atoms with Crippen LogP contribution in [0, 0.1) is 18.8 Å². The zero-order valence-corrected chi connectivity index (χ0v) is 14.7. The minimum atomic E-state index is -0.504. The molecule has 0 saturated heterocycles. The van der Waals surface area contributed by atoms with E-state index in [1.165, 1.54) is 12.5 Å². The van der Waals surface area contributed by atoms with Gasteiger partial charge in [-0.1, -0.05) is 56.5 Å². The number of hydrogen-bond acceptors (Lipinski definition) is 3. The smallest absolute Gasteiger partial charge is 0.331 e. The number of esters is 1. The highest BCUT2D eigenvalue weighted by Crippen LogP contribution is 2.29. The second-order valence-corrected chi connectivity index (χ2v) is 6.79. The molecular formula is C20H27NO3. The van der Waals surface area contributed by atoms with Crippen LogP contribution in [-0.4, -0.2) is 24.5 Å². The summed E-state index contributed by atoms with van der Waals surface area (Å²) in [6.45, 7) is 6.17. The number of aryl methyl sites for hydroxylation is 1. The zero-order valence-electron chi connectivity index (χ0n) is 14.7. The Hall–Kier alpha value is -2.10. The molecular weight excluding hydrogens is 302 g/mol. The summed E-state index contributed by atoms with van der Waals surface area (Å²) in [6, 6.07) is 7.99. The summed E-state index contributed by atoms with van der Waals surface area (Å²) >= 11 is 0. The molecule has 4 nitrogen and oxygen atoms in total. The van der Waals surface area contributed by atoms with Crippen molar-refractivity contribution in [3.63, 3.8) is 0 Å². The third-order valence-electron chi connectivity index (χ3n) is 4.89. The molecule has 0 heterocycles. The first-order chi connectivity index (χ1) is 11.5. The Kier molecular flexibility index (Phi) is 6.59. The SMILES string of the molecule is Cc1ccc(/C=C/C(=O)OCC(=O)NC2CCCC(C)C2C)cc1. The molecule has 1 aliphatic carbocycles. The van der Waals surface area contributed by atoms with Gasteiger partial charge in [0.25, 0.3) is 5.91 Å². The fourth-order valence-electron chi connectivity index (χ4n) is 3.06. The topological polar surface area (TPSA) is 55.4 Å². The second-order valence-electron chi connectivity index (χ2n) is 6.79. The highest BCUT2D eigenvalue weighted by atomic mass is 16.5. The highest BCUT2D eigenvalue weighted by Gasteiger charge is 2.28. The fraction of sp³-hybridized carbons (Fsp3) is 0.500. The van der Waals surface area contributed by atoms with Crippen molar-refractivity contribution in [3.05, 3.63) is 41.5 Å². The molecule has 0 aromatic heterocycles. The second kappa shape index (κ2) is 8.67. The molecule has 1 aromatic carbocycles. The Bertz CT molecular complexity index is 591. The Labute approximate surface area is 144 Å². The number of benzene rings is 1. The van der Waals surface area contributed by atoms with Crippen molar-refractivity contribution in [1.29, 1.82) is 0 Å². The lowest BCUT2D eigenvalue weighted by Gasteiger charge is -2.34. The van der Waals surface area contributed by atoms with Gasteiger partial charge in [-0.15, -0.1) is 0 Å². The summed E-state index contributed by atoms with van der Waals surface area (Å²) in [5.74, 6) is 0.345. The van der Waals surface area contributed by atoms with Gasteiger partial charge in [-0.05, 0) is 36.8 Å². The molecule has 1 N–H and O–H groups in total. The average molecular weight is 329 g/mol. The van der Waals surface area contributed by atoms with Crippen LogP contribution in [0.4, 0.5) is 0 Å². The molecule has 24 heavy (non-hydrogen) atoms. The maximum absolute atomic E-state index is 12.0. The van der Waals surface area contributed by atoms with E-state index in [1.807, 2.05) is 31.2 Å². The third-order valence-corrected chi connectivity index (χ3v) is 4.89. The molecule has 1 saturated carbocycles. The maximum Gasteiger partial charge on any atom is 0.331 e. The molecule has 4 heteroatoms. The maximum atomic E-state index is 12.0. The van der Waals surface area contributed by atoms with Crippen LogP contribution in [0.25, 0.3) is 6.08 Å². The number of hydrogen-bond donors (Lipinski definition) is 1. The van der Waals surface area contributed by atoms with E-state index in [0.717, 1.165) is 24.0 Å². The Morgan fingerprint density at radius 2 is 1.92 bits per heavy atom. The van der Waals surface area contributed by atoms with E-state index >= 15 is 0 Å². The van der Waals surface area contributed by atoms with E-state index in [-0.39, 0.29) is 18.6 Å². The monoisotopic (exact) mass is 329 g/mol. The van der Waals surface area contributed by atoms with Crippen LogP contribution < -0.4 is 5.32 Å². The van der Waals surface area contributed by atoms with Gasteiger partial charge in [-0.3, -0.25) is 4.79 Å². The molecule has 3 atom stereocenters. The van der Waals surface area contributed by atoms with Gasteiger partial charge in [0, 0.05) is 12.1 Å². The van der Waals surface area contributed by atoms with Crippen molar-refractivity contribution in [2.75, 3.05) is 6.61 Å². The number of ether oxygens (including phenoxy) is 1. The molecule has 1 aliphatic rings. The van der Waals surface area contributed by atoms with Crippen molar-refractivity contribution in [1.82, 2.24) is 5.32 Å². The molecule has 1 aromatic rings. The summed E-state index contributed by atoms with van der Waals surface area (Å²) in [6.07, 6.45) is 6.38. The molecule has 0 aliphatic heterocycles. The number of carbonyl (C=O) groups is 2. The Morgan fingerprint density at radius 3 is 2.62 bits per heavy atom. The normalized spacial score (nSPS) is 23.9. The van der Waals surface area contributed by atoms with Gasteiger partial charge >= 0.3 is 5.97 Å². The number of nitrogens with one attached hydrogen (secondary N) is 1. The molecule has 3 unspecified atom stereocenters. The van der Waals surface area contributed by atoms with Gasteiger partial charge in [0.05, 0.1) is 0 Å². The predicted molar refractivity (Wildman–Crippen MR) is 95.3 cm³/mol. The van der Waals surface area contributed by atoms with Crippen LogP contribution >= 0.6 is 0 Å². The zero-order chi connectivity index (χ0) is 17.5. The van der Waals surface area contributed by atoms with Gasteiger partial charge in [-0.25, -0.2) is 4.79 Å². The van der Waals surface area contributed by atoms with Crippen molar-refractivity contribution >= 4 is 18.0 Å². The summed E-state index contributed by atoms with van der Waals surface area (Å²) < 4.78 is 5.02. The largest absolute Gasteiger partial charge is 0.452 e. The number of amides is 1. The van der Waals surface area contributed by atoms with Gasteiger partial charge < -0.3 is 10.1 Å². The summed E-state index contributed by atoms with van der Waals surface area (Å²) in [5.41, 5.74) is 2.09. The summed E-state index contributed by atoms with van der Waals surface area (Å²) in [4.78, 5) is 23.7. The highest BCUT2D eigenvalue weighted by molar-refractivity contribution is 5.89. The first kappa shape index (κ1) is 18.2. The minimum absolute atomic E-state index is 0.183. The van der Waals surface area contributed by atoms with Gasteiger partial charge in [0.1, 0.15) is 0 Å². The van der Waals surface area contributed by atoms with Crippen LogP contribution in [0.2, 0.25) is 0 Å². The minimum Gasteiger partial charge on any atom is -0.452 e. The third kappa shape index (κ3) is 5.52. The molecule has 0 radical (unpaired) electrons. The van der Waals surface area contributed by atoms with Gasteiger partial charge in [0.15, 0.2) is 6.61 Å².